The molecule has 1 heterocycles. The standard InChI is InChI=1S/C20H35N5.HI/c1-5-21-20(23-18(3)19-9-7-6-8-10-19)22-15-17(2)16-25-13-11-24(4)12-14-25;/h6-10,17-18H,5,11-16H2,1-4H3,(H2,21,22,23);1H. The van der Waals surface area contributed by atoms with Crippen LogP contribution in [0.2, 0.25) is 0 Å². The molecule has 1 aromatic rings. The number of aliphatic imine (C=N–C) groups is 1. The lowest BCUT2D eigenvalue weighted by Gasteiger charge is -2.33. The van der Waals surface area contributed by atoms with Crippen molar-refractivity contribution in [2.45, 2.75) is 26.8 Å². The van der Waals surface area contributed by atoms with Gasteiger partial charge in [-0.1, -0.05) is 37.3 Å². The SMILES string of the molecule is CCNC(=NCC(C)CN1CCN(C)CC1)NC(C)c1ccccc1.I. The molecular weight excluding hydrogens is 437 g/mol. The first-order valence-electron chi connectivity index (χ1n) is 9.59. The van der Waals surface area contributed by atoms with Crippen LogP contribution >= 0.6 is 24.0 Å². The molecule has 1 aromatic carbocycles. The molecule has 1 fully saturated rings. The highest BCUT2D eigenvalue weighted by Crippen LogP contribution is 2.11. The van der Waals surface area contributed by atoms with E-state index in [1.54, 1.807) is 0 Å². The van der Waals surface area contributed by atoms with E-state index in [1.807, 2.05) is 0 Å². The zero-order valence-corrected chi connectivity index (χ0v) is 19.1. The average molecular weight is 473 g/mol. The first-order chi connectivity index (χ1) is 12.1. The maximum absolute atomic E-state index is 4.82. The lowest BCUT2D eigenvalue weighted by molar-refractivity contribution is 0.140. The average Bonchev–Trinajstić information content (AvgIpc) is 2.62. The molecule has 1 saturated heterocycles. The molecule has 2 atom stereocenters. The molecule has 0 bridgehead atoms. The lowest BCUT2D eigenvalue weighted by Crippen LogP contribution is -2.46. The van der Waals surface area contributed by atoms with Crippen LogP contribution in [0.4, 0.5) is 0 Å². The molecular formula is C20H36IN5. The maximum atomic E-state index is 4.82. The van der Waals surface area contributed by atoms with Crippen LogP contribution in [0.1, 0.15) is 32.4 Å². The minimum atomic E-state index is 0. The van der Waals surface area contributed by atoms with Crippen LogP contribution in [-0.4, -0.2) is 68.6 Å². The number of halogens is 1. The first-order valence-corrected chi connectivity index (χ1v) is 9.59. The molecule has 2 rings (SSSR count). The molecule has 26 heavy (non-hydrogen) atoms. The van der Waals surface area contributed by atoms with Crippen molar-refractivity contribution in [1.82, 2.24) is 20.4 Å². The fraction of sp³-hybridized carbons (Fsp3) is 0.650. The molecule has 0 spiro atoms. The molecule has 0 aromatic heterocycles. The number of nitrogens with zero attached hydrogens (tertiary/aromatic N) is 3. The normalized spacial score (nSPS) is 18.7. The van der Waals surface area contributed by atoms with Gasteiger partial charge in [-0.3, -0.25) is 4.99 Å². The van der Waals surface area contributed by atoms with Crippen LogP contribution in [0.5, 0.6) is 0 Å². The van der Waals surface area contributed by atoms with Crippen molar-refractivity contribution >= 4 is 29.9 Å². The van der Waals surface area contributed by atoms with Crippen LogP contribution in [0, 0.1) is 5.92 Å². The summed E-state index contributed by atoms with van der Waals surface area (Å²) in [6.45, 7) is 14.1. The summed E-state index contributed by atoms with van der Waals surface area (Å²) in [7, 11) is 2.20. The largest absolute Gasteiger partial charge is 0.357 e. The van der Waals surface area contributed by atoms with Gasteiger partial charge in [-0.15, -0.1) is 24.0 Å². The Hall–Kier alpha value is -0.860. The van der Waals surface area contributed by atoms with E-state index in [9.17, 15) is 0 Å². The van der Waals surface area contributed by atoms with Crippen molar-refractivity contribution in [2.75, 3.05) is 52.9 Å². The monoisotopic (exact) mass is 473 g/mol. The Balaban J connectivity index is 0.00000338. The van der Waals surface area contributed by atoms with Gasteiger partial charge in [0, 0.05) is 45.8 Å². The summed E-state index contributed by atoms with van der Waals surface area (Å²) >= 11 is 0. The minimum absolute atomic E-state index is 0. The quantitative estimate of drug-likeness (QED) is 0.363. The van der Waals surface area contributed by atoms with E-state index in [4.69, 9.17) is 4.99 Å². The zero-order chi connectivity index (χ0) is 18.1. The molecule has 0 aliphatic carbocycles. The number of nitrogens with one attached hydrogen (secondary N) is 2. The molecule has 2 unspecified atom stereocenters. The van der Waals surface area contributed by atoms with E-state index in [1.165, 1.54) is 31.7 Å². The number of rotatable bonds is 7. The van der Waals surface area contributed by atoms with E-state index < -0.39 is 0 Å². The van der Waals surface area contributed by atoms with Gasteiger partial charge in [0.1, 0.15) is 0 Å². The van der Waals surface area contributed by atoms with Crippen LogP contribution in [0.15, 0.2) is 35.3 Å². The Labute approximate surface area is 176 Å². The van der Waals surface area contributed by atoms with E-state index >= 15 is 0 Å². The number of hydrogen-bond donors (Lipinski definition) is 2. The molecule has 0 radical (unpaired) electrons. The third kappa shape index (κ3) is 8.22. The lowest BCUT2D eigenvalue weighted by atomic mass is 10.1. The Morgan fingerprint density at radius 2 is 1.77 bits per heavy atom. The summed E-state index contributed by atoms with van der Waals surface area (Å²) in [6.07, 6.45) is 0. The molecule has 148 valence electrons. The fourth-order valence-electron chi connectivity index (χ4n) is 3.13. The van der Waals surface area contributed by atoms with E-state index in [0.29, 0.717) is 5.92 Å². The van der Waals surface area contributed by atoms with Crippen molar-refractivity contribution in [3.05, 3.63) is 35.9 Å². The van der Waals surface area contributed by atoms with E-state index in [2.05, 4.69) is 78.6 Å². The number of likely N-dealkylation sites (N-methyl/N-ethyl adjacent to an activating group) is 1. The highest BCUT2D eigenvalue weighted by molar-refractivity contribution is 14.0. The van der Waals surface area contributed by atoms with Gasteiger partial charge in [0.05, 0.1) is 6.04 Å². The van der Waals surface area contributed by atoms with E-state index in [-0.39, 0.29) is 30.0 Å². The summed E-state index contributed by atoms with van der Waals surface area (Å²) in [4.78, 5) is 9.78. The van der Waals surface area contributed by atoms with Crippen molar-refractivity contribution < 1.29 is 0 Å². The van der Waals surface area contributed by atoms with Gasteiger partial charge in [0.15, 0.2) is 5.96 Å². The predicted molar refractivity (Wildman–Crippen MR) is 122 cm³/mol. The molecule has 2 N–H and O–H groups in total. The Morgan fingerprint density at radius 3 is 2.38 bits per heavy atom. The number of benzene rings is 1. The Morgan fingerprint density at radius 1 is 1.12 bits per heavy atom. The van der Waals surface area contributed by atoms with Gasteiger partial charge in [-0.25, -0.2) is 0 Å². The Bertz CT molecular complexity index is 514. The maximum Gasteiger partial charge on any atom is 0.191 e. The Kier molecular flexibility index (Phi) is 11.2. The second-order valence-corrected chi connectivity index (χ2v) is 7.21. The minimum Gasteiger partial charge on any atom is -0.357 e. The van der Waals surface area contributed by atoms with Crippen LogP contribution in [-0.2, 0) is 0 Å². The van der Waals surface area contributed by atoms with Gasteiger partial charge in [0.2, 0.25) is 0 Å². The topological polar surface area (TPSA) is 42.9 Å². The van der Waals surface area contributed by atoms with Crippen molar-refractivity contribution in [1.29, 1.82) is 0 Å². The highest BCUT2D eigenvalue weighted by atomic mass is 127. The molecule has 1 aliphatic heterocycles. The third-order valence-electron chi connectivity index (χ3n) is 4.72. The summed E-state index contributed by atoms with van der Waals surface area (Å²) in [5.41, 5.74) is 1.28. The van der Waals surface area contributed by atoms with Gasteiger partial charge in [-0.2, -0.15) is 0 Å². The molecule has 1 aliphatic rings. The van der Waals surface area contributed by atoms with Gasteiger partial charge in [0.25, 0.3) is 0 Å². The molecule has 0 amide bonds. The van der Waals surface area contributed by atoms with Crippen molar-refractivity contribution in [3.8, 4) is 0 Å². The molecule has 6 heteroatoms. The van der Waals surface area contributed by atoms with Crippen molar-refractivity contribution in [3.63, 3.8) is 0 Å². The van der Waals surface area contributed by atoms with Gasteiger partial charge >= 0.3 is 0 Å². The van der Waals surface area contributed by atoms with Gasteiger partial charge in [-0.05, 0) is 32.4 Å². The van der Waals surface area contributed by atoms with Crippen LogP contribution in [0.25, 0.3) is 0 Å². The highest BCUT2D eigenvalue weighted by Gasteiger charge is 2.16. The zero-order valence-electron chi connectivity index (χ0n) is 16.7. The summed E-state index contributed by atoms with van der Waals surface area (Å²) in [6, 6.07) is 10.8. The second kappa shape index (κ2) is 12.5. The van der Waals surface area contributed by atoms with Crippen LogP contribution in [0.3, 0.4) is 0 Å². The molecule has 0 saturated carbocycles. The summed E-state index contributed by atoms with van der Waals surface area (Å²) in [5.74, 6) is 1.47. The third-order valence-corrected chi connectivity index (χ3v) is 4.72. The fourth-order valence-corrected chi connectivity index (χ4v) is 3.13. The first kappa shape index (κ1) is 23.2. The second-order valence-electron chi connectivity index (χ2n) is 7.21. The molecule has 5 nitrogen and oxygen atoms in total. The summed E-state index contributed by atoms with van der Waals surface area (Å²) < 4.78 is 0. The number of guanidine groups is 1. The van der Waals surface area contributed by atoms with Gasteiger partial charge < -0.3 is 20.4 Å². The number of hydrogen-bond acceptors (Lipinski definition) is 3. The number of piperazine rings is 1. The predicted octanol–water partition coefficient (Wildman–Crippen LogP) is 2.80. The summed E-state index contributed by atoms with van der Waals surface area (Å²) in [5, 5.41) is 6.88. The van der Waals surface area contributed by atoms with Crippen LogP contribution < -0.4 is 10.6 Å². The van der Waals surface area contributed by atoms with Crippen molar-refractivity contribution in [2.24, 2.45) is 10.9 Å². The smallest absolute Gasteiger partial charge is 0.191 e. The van der Waals surface area contributed by atoms with E-state index in [0.717, 1.165) is 25.6 Å².